The van der Waals surface area contributed by atoms with Gasteiger partial charge in [0.05, 0.1) is 16.1 Å². The van der Waals surface area contributed by atoms with Crippen LogP contribution in [-0.4, -0.2) is 34.3 Å². The first kappa shape index (κ1) is 24.1. The minimum Gasteiger partial charge on any atom is -0.350 e. The molecule has 2 heterocycles. The van der Waals surface area contributed by atoms with E-state index < -0.39 is 0 Å². The van der Waals surface area contributed by atoms with Crippen molar-refractivity contribution in [2.75, 3.05) is 6.54 Å². The van der Waals surface area contributed by atoms with Crippen LogP contribution in [0.1, 0.15) is 58.7 Å². The zero-order valence-electron chi connectivity index (χ0n) is 19.1. The van der Waals surface area contributed by atoms with Crippen LogP contribution in [0.4, 0.5) is 0 Å². The van der Waals surface area contributed by atoms with E-state index in [4.69, 9.17) is 0 Å². The average Bonchev–Trinajstić information content (AvgIpc) is 3.42. The third-order valence-corrected chi connectivity index (χ3v) is 6.63. The summed E-state index contributed by atoms with van der Waals surface area (Å²) in [7, 11) is 0. The molecule has 0 radical (unpaired) electrons. The fourth-order valence-corrected chi connectivity index (χ4v) is 4.32. The van der Waals surface area contributed by atoms with Crippen molar-refractivity contribution in [3.8, 4) is 10.4 Å². The highest BCUT2D eigenvalue weighted by molar-refractivity contribution is 7.13. The number of nitrogens with one attached hydrogen (secondary N) is 1. The predicted molar refractivity (Wildman–Crippen MR) is 124 cm³/mol. The number of benzene rings is 1. The maximum absolute atomic E-state index is 12.7. The molecule has 1 aliphatic rings. The van der Waals surface area contributed by atoms with Crippen LogP contribution in [0.5, 0.6) is 0 Å². The second kappa shape index (κ2) is 11.3. The Hall–Kier alpha value is -2.21. The van der Waals surface area contributed by atoms with Gasteiger partial charge >= 0.3 is 0 Å². The first-order valence-corrected chi connectivity index (χ1v) is 11.8. The first-order chi connectivity index (χ1) is 14.4. The van der Waals surface area contributed by atoms with Gasteiger partial charge in [-0.05, 0) is 36.8 Å². The van der Waals surface area contributed by atoms with Gasteiger partial charge < -0.3 is 10.2 Å². The van der Waals surface area contributed by atoms with Crippen LogP contribution in [0, 0.1) is 18.8 Å². The number of rotatable bonds is 6. The van der Waals surface area contributed by atoms with Gasteiger partial charge in [-0.15, -0.1) is 11.3 Å². The number of nitrogens with zero attached hydrogens (tertiary/aromatic N) is 2. The number of hydrogen-bond acceptors (Lipinski definition) is 4. The molecule has 1 N–H and O–H groups in total. The lowest BCUT2D eigenvalue weighted by Gasteiger charge is -2.28. The van der Waals surface area contributed by atoms with E-state index >= 15 is 0 Å². The van der Waals surface area contributed by atoms with Crippen LogP contribution >= 0.6 is 11.3 Å². The van der Waals surface area contributed by atoms with Crippen molar-refractivity contribution in [1.82, 2.24) is 15.2 Å². The maximum atomic E-state index is 12.7. The maximum Gasteiger partial charge on any atom is 0.243 e. The quantitative estimate of drug-likeness (QED) is 0.699. The minimum absolute atomic E-state index is 0.0517. The molecule has 2 unspecified atom stereocenters. The van der Waals surface area contributed by atoms with E-state index in [1.807, 2.05) is 59.2 Å². The summed E-state index contributed by atoms with van der Waals surface area (Å²) in [5.41, 5.74) is 5.08. The standard InChI is InChI=1S/C22H29N3O2S.C2H6/c1-14(2)15(3)22(27)25-11-5-6-19(25)21(26)23-12-17-7-9-18(10-8-17)20-16(4)24-13-28-20;1-2/h7-10,13-15,19H,5-6,11-12H2,1-4H3,(H,23,26);1-2H3. The van der Waals surface area contributed by atoms with Gasteiger partial charge in [0.1, 0.15) is 6.04 Å². The van der Waals surface area contributed by atoms with Crippen LogP contribution in [-0.2, 0) is 16.1 Å². The molecule has 0 aliphatic carbocycles. The van der Waals surface area contributed by atoms with Gasteiger partial charge in [0, 0.05) is 19.0 Å². The summed E-state index contributed by atoms with van der Waals surface area (Å²) in [6.07, 6.45) is 1.63. The Bertz CT molecular complexity index is 829. The second-order valence-corrected chi connectivity index (χ2v) is 8.76. The third kappa shape index (κ3) is 5.69. The molecule has 1 aliphatic heterocycles. The molecule has 164 valence electrons. The number of likely N-dealkylation sites (tertiary alicyclic amines) is 1. The van der Waals surface area contributed by atoms with Crippen molar-refractivity contribution in [3.05, 3.63) is 41.0 Å². The fraction of sp³-hybridized carbons (Fsp3) is 0.542. The average molecular weight is 430 g/mol. The van der Waals surface area contributed by atoms with Gasteiger partial charge in [0.15, 0.2) is 0 Å². The molecule has 0 bridgehead atoms. The highest BCUT2D eigenvalue weighted by atomic mass is 32.1. The normalized spacial score (nSPS) is 16.8. The van der Waals surface area contributed by atoms with Crippen LogP contribution in [0.15, 0.2) is 29.8 Å². The molecule has 6 heteroatoms. The SMILES string of the molecule is CC.Cc1ncsc1-c1ccc(CNC(=O)C2CCCN2C(=O)C(C)C(C)C)cc1. The van der Waals surface area contributed by atoms with Crippen molar-refractivity contribution in [2.24, 2.45) is 11.8 Å². The van der Waals surface area contributed by atoms with Gasteiger partial charge in [-0.25, -0.2) is 4.98 Å². The lowest BCUT2D eigenvalue weighted by atomic mass is 9.96. The highest BCUT2D eigenvalue weighted by Gasteiger charge is 2.36. The molecule has 1 aromatic heterocycles. The van der Waals surface area contributed by atoms with E-state index in [0.29, 0.717) is 13.1 Å². The Morgan fingerprint density at radius 1 is 1.20 bits per heavy atom. The Morgan fingerprint density at radius 3 is 2.43 bits per heavy atom. The summed E-state index contributed by atoms with van der Waals surface area (Å²) in [5.74, 6) is 0.259. The molecule has 0 saturated carbocycles. The lowest BCUT2D eigenvalue weighted by molar-refractivity contribution is -0.142. The summed E-state index contributed by atoms with van der Waals surface area (Å²) in [6, 6.07) is 7.86. The van der Waals surface area contributed by atoms with Gasteiger partial charge in [-0.3, -0.25) is 9.59 Å². The van der Waals surface area contributed by atoms with Crippen molar-refractivity contribution < 1.29 is 9.59 Å². The van der Waals surface area contributed by atoms with Crippen molar-refractivity contribution in [1.29, 1.82) is 0 Å². The third-order valence-electron chi connectivity index (χ3n) is 5.66. The number of hydrogen-bond donors (Lipinski definition) is 1. The summed E-state index contributed by atoms with van der Waals surface area (Å²) in [6.45, 7) is 13.2. The molecule has 1 aromatic carbocycles. The first-order valence-electron chi connectivity index (χ1n) is 11.0. The minimum atomic E-state index is -0.340. The smallest absolute Gasteiger partial charge is 0.243 e. The zero-order chi connectivity index (χ0) is 22.3. The van der Waals surface area contributed by atoms with Crippen molar-refractivity contribution in [2.45, 2.75) is 67.0 Å². The topological polar surface area (TPSA) is 62.3 Å². The molecular weight excluding hydrogens is 394 g/mol. The van der Waals surface area contributed by atoms with E-state index in [1.165, 1.54) is 4.88 Å². The molecule has 2 aromatic rings. The van der Waals surface area contributed by atoms with E-state index in [1.54, 1.807) is 16.2 Å². The molecule has 2 amide bonds. The summed E-state index contributed by atoms with van der Waals surface area (Å²) >= 11 is 1.63. The van der Waals surface area contributed by atoms with Crippen LogP contribution < -0.4 is 5.32 Å². The van der Waals surface area contributed by atoms with Crippen molar-refractivity contribution in [3.63, 3.8) is 0 Å². The molecule has 1 fully saturated rings. The van der Waals surface area contributed by atoms with Gasteiger partial charge in [0.2, 0.25) is 11.8 Å². The number of aryl methyl sites for hydroxylation is 1. The Morgan fingerprint density at radius 2 is 1.87 bits per heavy atom. The van der Waals surface area contributed by atoms with Gasteiger partial charge in [0.25, 0.3) is 0 Å². The van der Waals surface area contributed by atoms with Gasteiger partial charge in [-0.2, -0.15) is 0 Å². The van der Waals surface area contributed by atoms with E-state index in [9.17, 15) is 9.59 Å². The second-order valence-electron chi connectivity index (χ2n) is 7.90. The number of aromatic nitrogens is 1. The number of amides is 2. The van der Waals surface area contributed by atoms with E-state index in [-0.39, 0.29) is 29.7 Å². The summed E-state index contributed by atoms with van der Waals surface area (Å²) in [5, 5.41) is 3.02. The summed E-state index contributed by atoms with van der Waals surface area (Å²) < 4.78 is 0. The molecule has 30 heavy (non-hydrogen) atoms. The van der Waals surface area contributed by atoms with Crippen LogP contribution in [0.2, 0.25) is 0 Å². The molecule has 1 saturated heterocycles. The number of carbonyl (C=O) groups excluding carboxylic acids is 2. The van der Waals surface area contributed by atoms with Crippen LogP contribution in [0.3, 0.4) is 0 Å². The molecule has 3 rings (SSSR count). The molecule has 0 spiro atoms. The van der Waals surface area contributed by atoms with E-state index in [0.717, 1.165) is 29.7 Å². The largest absolute Gasteiger partial charge is 0.350 e. The van der Waals surface area contributed by atoms with Gasteiger partial charge in [-0.1, -0.05) is 58.9 Å². The zero-order valence-corrected chi connectivity index (χ0v) is 19.9. The number of carbonyl (C=O) groups is 2. The Balaban J connectivity index is 0.00000155. The van der Waals surface area contributed by atoms with Crippen molar-refractivity contribution >= 4 is 23.2 Å². The Labute approximate surface area is 184 Å². The molecule has 2 atom stereocenters. The monoisotopic (exact) mass is 429 g/mol. The fourth-order valence-electron chi connectivity index (χ4n) is 3.51. The highest BCUT2D eigenvalue weighted by Crippen LogP contribution is 2.27. The predicted octanol–water partition coefficient (Wildman–Crippen LogP) is 5.04. The number of thiazole rings is 1. The summed E-state index contributed by atoms with van der Waals surface area (Å²) in [4.78, 5) is 32.6. The molecule has 5 nitrogen and oxygen atoms in total. The van der Waals surface area contributed by atoms with Crippen LogP contribution in [0.25, 0.3) is 10.4 Å². The lowest BCUT2D eigenvalue weighted by Crippen LogP contribution is -2.48. The Kier molecular flexibility index (Phi) is 9.03. The van der Waals surface area contributed by atoms with E-state index in [2.05, 4.69) is 22.4 Å². The molecular formula is C24H35N3O2S.